The lowest BCUT2D eigenvalue weighted by Gasteiger charge is -2.17. The first-order valence-electron chi connectivity index (χ1n) is 8.35. The molecule has 1 aromatic heterocycles. The number of benzene rings is 1. The van der Waals surface area contributed by atoms with E-state index in [9.17, 15) is 4.79 Å². The SMILES string of the molecule is COC[C@H](CN)Nc1ncc(C(N)=O)c(Nc2cccc(N/N=C\C=N)c2)n1. The maximum atomic E-state index is 11.7. The highest BCUT2D eigenvalue weighted by Gasteiger charge is 2.15. The molecule has 0 saturated heterocycles. The maximum absolute atomic E-state index is 11.7. The molecule has 0 bridgehead atoms. The van der Waals surface area contributed by atoms with Gasteiger partial charge < -0.3 is 32.2 Å². The van der Waals surface area contributed by atoms with Gasteiger partial charge in [0.1, 0.15) is 11.4 Å². The van der Waals surface area contributed by atoms with Gasteiger partial charge in [-0.15, -0.1) is 0 Å². The van der Waals surface area contributed by atoms with Crippen LogP contribution in [-0.2, 0) is 4.74 Å². The molecule has 0 aliphatic carbocycles. The van der Waals surface area contributed by atoms with Gasteiger partial charge >= 0.3 is 0 Å². The van der Waals surface area contributed by atoms with E-state index in [4.69, 9.17) is 21.6 Å². The first-order valence-corrected chi connectivity index (χ1v) is 8.35. The Morgan fingerprint density at radius 1 is 1.43 bits per heavy atom. The summed E-state index contributed by atoms with van der Waals surface area (Å²) in [6.45, 7) is 0.700. The Morgan fingerprint density at radius 3 is 2.89 bits per heavy atom. The van der Waals surface area contributed by atoms with Crippen molar-refractivity contribution in [1.82, 2.24) is 9.97 Å². The molecule has 0 saturated carbocycles. The number of hydrogen-bond donors (Lipinski definition) is 6. The lowest BCUT2D eigenvalue weighted by molar-refractivity contribution is 0.100. The third kappa shape index (κ3) is 6.00. The molecular formula is C17H23N9O2. The van der Waals surface area contributed by atoms with Crippen LogP contribution in [0.1, 0.15) is 10.4 Å². The number of nitrogens with one attached hydrogen (secondary N) is 4. The second kappa shape index (κ2) is 10.5. The number of methoxy groups -OCH3 is 1. The number of carbonyl (C=O) groups excluding carboxylic acids is 1. The fourth-order valence-electron chi connectivity index (χ4n) is 2.23. The van der Waals surface area contributed by atoms with Crippen molar-refractivity contribution >= 4 is 41.5 Å². The molecule has 1 heterocycles. The zero-order valence-corrected chi connectivity index (χ0v) is 15.3. The third-order valence-electron chi connectivity index (χ3n) is 3.51. The first-order chi connectivity index (χ1) is 13.6. The van der Waals surface area contributed by atoms with Crippen molar-refractivity contribution in [3.05, 3.63) is 36.0 Å². The van der Waals surface area contributed by atoms with Gasteiger partial charge in [0, 0.05) is 31.8 Å². The largest absolute Gasteiger partial charge is 0.383 e. The zero-order valence-electron chi connectivity index (χ0n) is 15.3. The number of amides is 1. The number of nitrogens with two attached hydrogens (primary N) is 2. The lowest BCUT2D eigenvalue weighted by atomic mass is 10.2. The van der Waals surface area contributed by atoms with Crippen LogP contribution in [0.3, 0.4) is 0 Å². The number of hydrazone groups is 1. The van der Waals surface area contributed by atoms with E-state index < -0.39 is 5.91 Å². The quantitative estimate of drug-likeness (QED) is 0.242. The first kappa shape index (κ1) is 20.7. The Labute approximate surface area is 162 Å². The number of anilines is 4. The fourth-order valence-corrected chi connectivity index (χ4v) is 2.23. The Bertz CT molecular complexity index is 841. The van der Waals surface area contributed by atoms with Crippen molar-refractivity contribution < 1.29 is 9.53 Å². The summed E-state index contributed by atoms with van der Waals surface area (Å²) < 4.78 is 5.09. The van der Waals surface area contributed by atoms with Crippen LogP contribution >= 0.6 is 0 Å². The molecule has 8 N–H and O–H groups in total. The zero-order chi connectivity index (χ0) is 20.4. The highest BCUT2D eigenvalue weighted by molar-refractivity contribution is 6.14. The van der Waals surface area contributed by atoms with Crippen LogP contribution in [0.25, 0.3) is 0 Å². The van der Waals surface area contributed by atoms with E-state index in [1.165, 1.54) is 12.4 Å². The van der Waals surface area contributed by atoms with Crippen LogP contribution < -0.4 is 27.5 Å². The molecule has 0 unspecified atom stereocenters. The summed E-state index contributed by atoms with van der Waals surface area (Å²) in [4.78, 5) is 20.2. The number of hydrogen-bond acceptors (Lipinski definition) is 10. The maximum Gasteiger partial charge on any atom is 0.254 e. The smallest absolute Gasteiger partial charge is 0.254 e. The van der Waals surface area contributed by atoms with Gasteiger partial charge in [-0.3, -0.25) is 10.2 Å². The van der Waals surface area contributed by atoms with Crippen molar-refractivity contribution in [3.63, 3.8) is 0 Å². The molecule has 0 aliphatic heterocycles. The highest BCUT2D eigenvalue weighted by Crippen LogP contribution is 2.22. The summed E-state index contributed by atoms with van der Waals surface area (Å²) in [6, 6.07) is 6.95. The van der Waals surface area contributed by atoms with Gasteiger partial charge in [0.15, 0.2) is 0 Å². The van der Waals surface area contributed by atoms with Gasteiger partial charge in [-0.1, -0.05) is 6.07 Å². The van der Waals surface area contributed by atoms with Crippen molar-refractivity contribution in [2.45, 2.75) is 6.04 Å². The Kier molecular flexibility index (Phi) is 7.81. The van der Waals surface area contributed by atoms with Gasteiger partial charge in [-0.25, -0.2) is 4.98 Å². The molecule has 0 fully saturated rings. The molecule has 0 radical (unpaired) electrons. The Balaban J connectivity index is 2.26. The molecule has 11 nitrogen and oxygen atoms in total. The fraction of sp³-hybridized carbons (Fsp3) is 0.235. The van der Waals surface area contributed by atoms with Gasteiger partial charge in [0.25, 0.3) is 5.91 Å². The minimum absolute atomic E-state index is 0.141. The van der Waals surface area contributed by atoms with Crippen LogP contribution in [0.2, 0.25) is 0 Å². The molecule has 28 heavy (non-hydrogen) atoms. The summed E-state index contributed by atoms with van der Waals surface area (Å²) in [5, 5.41) is 16.9. The van der Waals surface area contributed by atoms with Crippen molar-refractivity contribution in [3.8, 4) is 0 Å². The summed E-state index contributed by atoms with van der Waals surface area (Å²) >= 11 is 0. The van der Waals surface area contributed by atoms with E-state index in [1.807, 2.05) is 0 Å². The molecule has 0 spiro atoms. The number of carbonyl (C=O) groups is 1. The molecule has 1 amide bonds. The van der Waals surface area contributed by atoms with Crippen LogP contribution in [0.4, 0.5) is 23.1 Å². The normalized spacial score (nSPS) is 11.8. The molecule has 2 rings (SSSR count). The van der Waals surface area contributed by atoms with E-state index >= 15 is 0 Å². The average molecular weight is 385 g/mol. The van der Waals surface area contributed by atoms with Gasteiger partial charge in [0.05, 0.1) is 24.6 Å². The molecule has 11 heteroatoms. The summed E-state index contributed by atoms with van der Waals surface area (Å²) in [5.74, 6) is -0.130. The number of nitrogens with zero attached hydrogens (tertiary/aromatic N) is 3. The molecule has 148 valence electrons. The molecular weight excluding hydrogens is 362 g/mol. The van der Waals surface area contributed by atoms with E-state index in [2.05, 4.69) is 31.1 Å². The van der Waals surface area contributed by atoms with Gasteiger partial charge in [-0.05, 0) is 18.2 Å². The van der Waals surface area contributed by atoms with Crippen molar-refractivity contribution in [2.75, 3.05) is 36.3 Å². The molecule has 1 atom stereocenters. The monoisotopic (exact) mass is 385 g/mol. The summed E-state index contributed by atoms with van der Waals surface area (Å²) in [6.07, 6.45) is 3.71. The number of rotatable bonds is 11. The minimum atomic E-state index is -0.661. The van der Waals surface area contributed by atoms with Gasteiger partial charge in [0.2, 0.25) is 5.95 Å². The highest BCUT2D eigenvalue weighted by atomic mass is 16.5. The average Bonchev–Trinajstić information content (AvgIpc) is 2.68. The Hall–Kier alpha value is -3.57. The number of aromatic nitrogens is 2. The molecule has 1 aromatic carbocycles. The van der Waals surface area contributed by atoms with E-state index in [0.29, 0.717) is 24.5 Å². The topological polar surface area (TPSA) is 176 Å². The third-order valence-corrected chi connectivity index (χ3v) is 3.51. The number of ether oxygens (including phenoxy) is 1. The van der Waals surface area contributed by atoms with Crippen molar-refractivity contribution in [2.24, 2.45) is 16.6 Å². The predicted octanol–water partition coefficient (Wildman–Crippen LogP) is 0.752. The second-order valence-corrected chi connectivity index (χ2v) is 5.61. The van der Waals surface area contributed by atoms with E-state index in [0.717, 1.165) is 6.21 Å². The van der Waals surface area contributed by atoms with Crippen LogP contribution in [0.15, 0.2) is 35.6 Å². The minimum Gasteiger partial charge on any atom is -0.383 e. The van der Waals surface area contributed by atoms with Crippen LogP contribution in [0, 0.1) is 5.41 Å². The van der Waals surface area contributed by atoms with Crippen LogP contribution in [-0.4, -0.2) is 54.6 Å². The second-order valence-electron chi connectivity index (χ2n) is 5.61. The summed E-state index contributed by atoms with van der Waals surface area (Å²) in [5.41, 5.74) is 15.4. The summed E-state index contributed by atoms with van der Waals surface area (Å²) in [7, 11) is 1.57. The van der Waals surface area contributed by atoms with E-state index in [-0.39, 0.29) is 23.4 Å². The van der Waals surface area contributed by atoms with Crippen molar-refractivity contribution in [1.29, 1.82) is 5.41 Å². The predicted molar refractivity (Wildman–Crippen MR) is 110 cm³/mol. The van der Waals surface area contributed by atoms with Gasteiger partial charge in [-0.2, -0.15) is 10.1 Å². The lowest BCUT2D eigenvalue weighted by Crippen LogP contribution is -2.34. The van der Waals surface area contributed by atoms with Crippen LogP contribution in [0.5, 0.6) is 0 Å². The Morgan fingerprint density at radius 2 is 2.21 bits per heavy atom. The van der Waals surface area contributed by atoms with E-state index in [1.54, 1.807) is 31.4 Å². The standard InChI is InChI=1S/C17H23N9O2/c1-28-10-13(8-19)24-17-21-9-14(15(20)27)16(25-17)23-11-3-2-4-12(7-11)26-22-6-5-18/h2-7,9,13,18,26H,8,10,19H2,1H3,(H2,20,27)(H2,21,23,24,25)/b18-5?,22-6-/t13-/m0/s1. The molecule has 2 aromatic rings. The number of primary amides is 1. The molecule has 0 aliphatic rings.